The monoisotopic (exact) mass is 604 g/mol. The van der Waals surface area contributed by atoms with Gasteiger partial charge in [0.2, 0.25) is 5.91 Å². The number of carbonyl (C=O) groups excluding carboxylic acids is 1. The van der Waals surface area contributed by atoms with Crippen LogP contribution in [-0.2, 0) is 11.3 Å². The van der Waals surface area contributed by atoms with E-state index in [9.17, 15) is 14.3 Å². The van der Waals surface area contributed by atoms with Crippen molar-refractivity contribution in [3.05, 3.63) is 88.5 Å². The van der Waals surface area contributed by atoms with Crippen LogP contribution in [0.3, 0.4) is 0 Å². The molecule has 2 aromatic carbocycles. The number of hydrogen-bond donors (Lipinski definition) is 3. The number of likely N-dealkylation sites (N-methyl/N-ethyl adjacent to an activating group) is 1. The van der Waals surface area contributed by atoms with E-state index in [4.69, 9.17) is 9.47 Å². The van der Waals surface area contributed by atoms with Gasteiger partial charge in [0, 0.05) is 32.4 Å². The van der Waals surface area contributed by atoms with Crippen molar-refractivity contribution >= 4 is 39.7 Å². The second-order valence-corrected chi connectivity index (χ2v) is 11.7. The van der Waals surface area contributed by atoms with Gasteiger partial charge < -0.3 is 24.8 Å². The Labute approximate surface area is 255 Å². The molecule has 2 aliphatic rings. The number of rotatable bonds is 8. The maximum atomic E-state index is 14.4. The molecule has 1 aliphatic carbocycles. The van der Waals surface area contributed by atoms with Crippen molar-refractivity contribution in [3.63, 3.8) is 0 Å². The van der Waals surface area contributed by atoms with E-state index in [-0.39, 0.29) is 23.3 Å². The highest BCUT2D eigenvalue weighted by atomic mass is 32.1. The van der Waals surface area contributed by atoms with Crippen molar-refractivity contribution in [2.24, 2.45) is 0 Å². The largest absolute Gasteiger partial charge is 0.495 e. The number of halogens is 1. The maximum Gasteiger partial charge on any atom is 0.224 e. The van der Waals surface area contributed by atoms with Crippen LogP contribution in [-0.4, -0.2) is 78.4 Å². The van der Waals surface area contributed by atoms with Crippen LogP contribution in [0.1, 0.15) is 35.7 Å². The van der Waals surface area contributed by atoms with Crippen LogP contribution >= 0.6 is 11.4 Å². The summed E-state index contributed by atoms with van der Waals surface area (Å²) in [6.45, 7) is 5.53. The lowest BCUT2D eigenvalue weighted by Gasteiger charge is -2.31. The Morgan fingerprint density at radius 1 is 1.07 bits per heavy atom. The number of amides is 1. The van der Waals surface area contributed by atoms with E-state index in [0.29, 0.717) is 35.0 Å². The minimum atomic E-state index is -0.359. The lowest BCUT2D eigenvalue weighted by atomic mass is 10.0. The molecular weight excluding hydrogens is 567 g/mol. The van der Waals surface area contributed by atoms with Crippen LogP contribution in [0.4, 0.5) is 4.39 Å². The first kappa shape index (κ1) is 30.6. The Kier molecular flexibility index (Phi) is 9.72. The standard InChI is InChI=1S/C33H37FN4O4S/c1-21-26(25-9-8-23(34)18-28(25)27(21)19-31(39)36-20-24-7-5-6-10-35-24)15-22-16-29(41-3)32(30(17-22)42-4)43-33(40)38-13-11-37(2)12-14-38/h5-10,15-18,40,43H,11-14,19-20H2,1-4H3,(H,36,39)/b26-15-. The number of allylic oxidation sites excluding steroid dienone is 2. The van der Waals surface area contributed by atoms with E-state index >= 15 is 0 Å². The first-order valence-electron chi connectivity index (χ1n) is 14.1. The minimum absolute atomic E-state index is 0.109. The number of thiol groups is 1. The van der Waals surface area contributed by atoms with Gasteiger partial charge in [0.25, 0.3) is 0 Å². The van der Waals surface area contributed by atoms with Crippen LogP contribution < -0.4 is 14.8 Å². The molecule has 2 heterocycles. The number of benzene rings is 2. The van der Waals surface area contributed by atoms with E-state index in [1.165, 1.54) is 12.1 Å². The normalized spacial score (nSPS) is 17.1. The van der Waals surface area contributed by atoms with Crippen molar-refractivity contribution < 1.29 is 23.8 Å². The smallest absolute Gasteiger partial charge is 0.224 e. The first-order chi connectivity index (χ1) is 20.8. The van der Waals surface area contributed by atoms with Gasteiger partial charge in [-0.15, -0.1) is 11.4 Å². The highest BCUT2D eigenvalue weighted by Crippen LogP contribution is 2.45. The van der Waals surface area contributed by atoms with E-state index in [2.05, 4.69) is 22.2 Å². The summed E-state index contributed by atoms with van der Waals surface area (Å²) < 4.78 is 25.9. The highest BCUT2D eigenvalue weighted by molar-refractivity contribution is 7.98. The van der Waals surface area contributed by atoms with Gasteiger partial charge in [-0.25, -0.2) is 9.29 Å². The zero-order valence-electron chi connectivity index (χ0n) is 24.9. The van der Waals surface area contributed by atoms with E-state index in [0.717, 1.165) is 64.6 Å². The van der Waals surface area contributed by atoms with Gasteiger partial charge in [-0.3, -0.25) is 9.78 Å². The molecule has 226 valence electrons. The number of piperazine rings is 1. The van der Waals surface area contributed by atoms with E-state index in [1.54, 1.807) is 26.5 Å². The molecule has 2 N–H and O–H groups in total. The summed E-state index contributed by atoms with van der Waals surface area (Å²) in [5.74, 6) is 0.644. The number of hydrogen-bond acceptors (Lipinski definition) is 5. The number of pyridine rings is 1. The van der Waals surface area contributed by atoms with Crippen LogP contribution in [0.15, 0.2) is 65.2 Å². The fraction of sp³-hybridized carbons (Fsp3) is 0.303. The fourth-order valence-electron chi connectivity index (χ4n) is 5.35. The van der Waals surface area contributed by atoms with Crippen molar-refractivity contribution in [1.82, 2.24) is 20.1 Å². The molecule has 8 nitrogen and oxygen atoms in total. The number of nitrogens with zero attached hydrogens (tertiary/aromatic N) is 3. The van der Waals surface area contributed by atoms with Crippen molar-refractivity contribution in [2.75, 3.05) is 47.4 Å². The summed E-state index contributed by atoms with van der Waals surface area (Å²) >= 11 is 0.594. The molecular formula is C33H37FN4O4S. The molecule has 1 saturated heterocycles. The molecule has 1 amide bonds. The number of nitrogens with one attached hydrogen (secondary N) is 1. The van der Waals surface area contributed by atoms with E-state index < -0.39 is 0 Å². The lowest BCUT2D eigenvalue weighted by Crippen LogP contribution is -2.46. The van der Waals surface area contributed by atoms with Gasteiger partial charge in [-0.1, -0.05) is 12.1 Å². The summed E-state index contributed by atoms with van der Waals surface area (Å²) in [4.78, 5) is 22.2. The molecule has 43 heavy (non-hydrogen) atoms. The van der Waals surface area contributed by atoms with Gasteiger partial charge in [-0.2, -0.15) is 0 Å². The van der Waals surface area contributed by atoms with Crippen molar-refractivity contribution in [2.45, 2.75) is 24.8 Å². The molecule has 0 bridgehead atoms. The second kappa shape index (κ2) is 13.6. The van der Waals surface area contributed by atoms with Crippen molar-refractivity contribution in [3.8, 4) is 11.5 Å². The molecule has 0 saturated carbocycles. The molecule has 1 aromatic heterocycles. The first-order valence-corrected chi connectivity index (χ1v) is 15.0. The number of aromatic nitrogens is 1. The molecule has 0 unspecified atom stereocenters. The Balaban J connectivity index is 1.46. The molecule has 0 radical (unpaired) electrons. The quantitative estimate of drug-likeness (QED) is 0.247. The topological polar surface area (TPSA) is 87.2 Å². The van der Waals surface area contributed by atoms with Gasteiger partial charge in [0.05, 0.1) is 37.8 Å². The molecule has 0 spiro atoms. The zero-order chi connectivity index (χ0) is 30.5. The third kappa shape index (κ3) is 7.05. The lowest BCUT2D eigenvalue weighted by molar-refractivity contribution is -0.120. The molecule has 1 aliphatic heterocycles. The Hall–Kier alpha value is -3.83. The van der Waals surface area contributed by atoms with Gasteiger partial charge in [0.15, 0.2) is 0 Å². The number of ether oxygens (including phenoxy) is 2. The number of methoxy groups -OCH3 is 2. The van der Waals surface area contributed by atoms with E-state index in [1.807, 2.05) is 48.2 Å². The zero-order valence-corrected chi connectivity index (χ0v) is 25.7. The second-order valence-electron chi connectivity index (χ2n) is 10.6. The third-order valence-corrected chi connectivity index (χ3v) is 8.94. The maximum absolute atomic E-state index is 14.4. The number of fused-ring (bicyclic) bond motifs is 1. The van der Waals surface area contributed by atoms with Crippen molar-refractivity contribution in [1.29, 1.82) is 0 Å². The molecule has 0 atom stereocenters. The SMILES string of the molecule is COc1cc(/C=C2/C(C)=C(CC(=O)NCc3ccccn3)c3cc(F)ccc32)cc(OC)c1/[SH]=C(\O)N1CCN(C)CC1. The summed E-state index contributed by atoms with van der Waals surface area (Å²) in [6.07, 6.45) is 3.80. The Morgan fingerprint density at radius 2 is 1.79 bits per heavy atom. The molecule has 10 heteroatoms. The predicted molar refractivity (Wildman–Crippen MR) is 171 cm³/mol. The Morgan fingerprint density at radius 3 is 2.44 bits per heavy atom. The van der Waals surface area contributed by atoms with Crippen LogP contribution in [0.5, 0.6) is 11.5 Å². The fourth-order valence-corrected chi connectivity index (χ4v) is 6.42. The summed E-state index contributed by atoms with van der Waals surface area (Å²) in [5.41, 5.74) is 5.71. The summed E-state index contributed by atoms with van der Waals surface area (Å²) in [5, 5.41) is 14.1. The summed E-state index contributed by atoms with van der Waals surface area (Å²) in [6, 6.07) is 14.0. The van der Waals surface area contributed by atoms with Gasteiger partial charge in [-0.05, 0) is 89.9 Å². The average Bonchev–Trinajstić information content (AvgIpc) is 3.26. The minimum Gasteiger partial charge on any atom is -0.495 e. The highest BCUT2D eigenvalue weighted by Gasteiger charge is 2.26. The third-order valence-electron chi connectivity index (χ3n) is 7.79. The Bertz CT molecular complexity index is 1570. The van der Waals surface area contributed by atoms with Crippen LogP contribution in [0.2, 0.25) is 0 Å². The predicted octanol–water partition coefficient (Wildman–Crippen LogP) is 4.99. The van der Waals surface area contributed by atoms with Gasteiger partial charge in [0.1, 0.15) is 22.5 Å². The number of carbonyl (C=O) groups is 1. The molecule has 5 rings (SSSR count). The molecule has 1 fully saturated rings. The number of aliphatic hydroxyl groups excluding tert-OH is 1. The number of aliphatic hydroxyl groups is 1. The van der Waals surface area contributed by atoms with Gasteiger partial charge >= 0.3 is 0 Å². The summed E-state index contributed by atoms with van der Waals surface area (Å²) in [7, 11) is 5.26. The van der Waals surface area contributed by atoms with Crippen LogP contribution in [0, 0.1) is 5.82 Å². The average molecular weight is 605 g/mol. The van der Waals surface area contributed by atoms with Crippen LogP contribution in [0.25, 0.3) is 17.2 Å². The molecule has 3 aromatic rings.